The molecule has 2 heterocycles. The van der Waals surface area contributed by atoms with Gasteiger partial charge in [0, 0.05) is 31.8 Å². The van der Waals surface area contributed by atoms with Crippen LogP contribution in [0.1, 0.15) is 5.56 Å². The van der Waals surface area contributed by atoms with Gasteiger partial charge in [-0.2, -0.15) is 10.1 Å². The van der Waals surface area contributed by atoms with Gasteiger partial charge in [0.1, 0.15) is 6.10 Å². The van der Waals surface area contributed by atoms with Crippen molar-refractivity contribution in [3.05, 3.63) is 39.9 Å². The summed E-state index contributed by atoms with van der Waals surface area (Å²) < 4.78 is 10.6. The molecule has 1 amide bonds. The van der Waals surface area contributed by atoms with Crippen LogP contribution >= 0.6 is 0 Å². The van der Waals surface area contributed by atoms with Crippen molar-refractivity contribution in [3.63, 3.8) is 0 Å². The molecule has 0 spiro atoms. The van der Waals surface area contributed by atoms with Crippen LogP contribution < -0.4 is 0 Å². The second-order valence-electron chi connectivity index (χ2n) is 5.59. The van der Waals surface area contributed by atoms with E-state index in [1.807, 2.05) is 0 Å². The molecule has 1 aromatic carbocycles. The number of hydrogen-bond acceptors (Lipinski definition) is 7. The maximum Gasteiger partial charge on any atom is 0.430 e. The van der Waals surface area contributed by atoms with Crippen molar-refractivity contribution in [2.45, 2.75) is 6.10 Å². The summed E-state index contributed by atoms with van der Waals surface area (Å²) >= 11 is 0. The number of benzene rings is 1. The summed E-state index contributed by atoms with van der Waals surface area (Å²) in [6.45, 7) is 4.11. The molecular formula is C15H18N4O5. The van der Waals surface area contributed by atoms with Crippen molar-refractivity contribution in [1.82, 2.24) is 9.91 Å². The normalized spacial score (nSPS) is 22.1. The Labute approximate surface area is 138 Å². The van der Waals surface area contributed by atoms with Crippen LogP contribution in [-0.4, -0.2) is 72.6 Å². The van der Waals surface area contributed by atoms with Gasteiger partial charge in [-0.25, -0.2) is 4.79 Å². The minimum absolute atomic E-state index is 0.0123. The first-order valence-corrected chi connectivity index (χ1v) is 7.68. The number of nitro groups is 1. The fourth-order valence-electron chi connectivity index (χ4n) is 2.59. The molecule has 0 aromatic heterocycles. The monoisotopic (exact) mass is 334 g/mol. The fraction of sp³-hybridized carbons (Fsp3) is 0.467. The lowest BCUT2D eigenvalue weighted by Gasteiger charge is -2.27. The lowest BCUT2D eigenvalue weighted by Crippen LogP contribution is -2.41. The van der Waals surface area contributed by atoms with E-state index in [4.69, 9.17) is 9.47 Å². The second kappa shape index (κ2) is 7.37. The van der Waals surface area contributed by atoms with Gasteiger partial charge in [-0.05, 0) is 17.7 Å². The average molecular weight is 334 g/mol. The second-order valence-corrected chi connectivity index (χ2v) is 5.59. The first-order valence-electron chi connectivity index (χ1n) is 7.68. The molecule has 1 atom stereocenters. The highest BCUT2D eigenvalue weighted by atomic mass is 16.6. The largest absolute Gasteiger partial charge is 0.441 e. The number of amides is 1. The van der Waals surface area contributed by atoms with E-state index >= 15 is 0 Å². The maximum atomic E-state index is 11.8. The number of hydrazone groups is 1. The number of non-ortho nitro benzene ring substituents is 1. The molecule has 1 unspecified atom stereocenters. The zero-order valence-electron chi connectivity index (χ0n) is 13.0. The first-order chi connectivity index (χ1) is 11.6. The molecule has 3 rings (SSSR count). The minimum Gasteiger partial charge on any atom is -0.441 e. The average Bonchev–Trinajstić information content (AvgIpc) is 2.93. The van der Waals surface area contributed by atoms with Crippen LogP contribution in [0.3, 0.4) is 0 Å². The van der Waals surface area contributed by atoms with Crippen LogP contribution in [-0.2, 0) is 9.47 Å². The molecule has 0 bridgehead atoms. The van der Waals surface area contributed by atoms with Gasteiger partial charge in [0.05, 0.1) is 30.9 Å². The number of nitro benzene ring substituents is 1. The quantitative estimate of drug-likeness (QED) is 0.454. The van der Waals surface area contributed by atoms with Gasteiger partial charge < -0.3 is 9.47 Å². The lowest BCUT2D eigenvalue weighted by molar-refractivity contribution is -0.384. The molecule has 0 radical (unpaired) electrons. The highest BCUT2D eigenvalue weighted by Crippen LogP contribution is 2.15. The summed E-state index contributed by atoms with van der Waals surface area (Å²) in [5, 5.41) is 16.0. The molecule has 9 nitrogen and oxygen atoms in total. The van der Waals surface area contributed by atoms with Crippen LogP contribution in [0.4, 0.5) is 10.5 Å². The zero-order valence-corrected chi connectivity index (χ0v) is 13.0. The van der Waals surface area contributed by atoms with E-state index in [0.717, 1.165) is 13.1 Å². The number of ether oxygens (including phenoxy) is 2. The molecule has 2 aliphatic rings. The molecule has 0 N–H and O–H groups in total. The Balaban J connectivity index is 1.54. The van der Waals surface area contributed by atoms with E-state index < -0.39 is 11.0 Å². The summed E-state index contributed by atoms with van der Waals surface area (Å²) in [5.74, 6) is 0. The van der Waals surface area contributed by atoms with Crippen molar-refractivity contribution in [2.24, 2.45) is 5.10 Å². The van der Waals surface area contributed by atoms with Crippen molar-refractivity contribution in [3.8, 4) is 0 Å². The summed E-state index contributed by atoms with van der Waals surface area (Å²) in [4.78, 5) is 24.2. The Bertz CT molecular complexity index is 627. The van der Waals surface area contributed by atoms with Crippen molar-refractivity contribution in [2.75, 3.05) is 39.4 Å². The minimum atomic E-state index is -0.480. The third-order valence-electron chi connectivity index (χ3n) is 3.87. The fourth-order valence-corrected chi connectivity index (χ4v) is 2.59. The molecule has 2 saturated heterocycles. The number of morpholine rings is 1. The number of carbonyl (C=O) groups is 1. The molecule has 2 fully saturated rings. The van der Waals surface area contributed by atoms with Gasteiger partial charge in [-0.3, -0.25) is 15.0 Å². The van der Waals surface area contributed by atoms with E-state index in [-0.39, 0.29) is 11.8 Å². The number of cyclic esters (lactones) is 1. The summed E-state index contributed by atoms with van der Waals surface area (Å²) in [5.41, 5.74) is 0.684. The van der Waals surface area contributed by atoms with E-state index in [9.17, 15) is 14.9 Å². The van der Waals surface area contributed by atoms with Crippen LogP contribution in [0.15, 0.2) is 29.4 Å². The predicted molar refractivity (Wildman–Crippen MR) is 84.9 cm³/mol. The van der Waals surface area contributed by atoms with Gasteiger partial charge in [0.2, 0.25) is 0 Å². The third-order valence-corrected chi connectivity index (χ3v) is 3.87. The predicted octanol–water partition coefficient (Wildman–Crippen LogP) is 1.08. The van der Waals surface area contributed by atoms with Crippen molar-refractivity contribution in [1.29, 1.82) is 0 Å². The van der Waals surface area contributed by atoms with Gasteiger partial charge >= 0.3 is 6.09 Å². The number of carbonyl (C=O) groups excluding carboxylic acids is 1. The maximum absolute atomic E-state index is 11.8. The van der Waals surface area contributed by atoms with Crippen molar-refractivity contribution < 1.29 is 19.2 Å². The van der Waals surface area contributed by atoms with Crippen LogP contribution in [0.2, 0.25) is 0 Å². The standard InChI is InChI=1S/C15H18N4O5/c20-15-18(11-14(24-15)10-17-5-7-23-8-6-17)16-9-12-1-3-13(4-2-12)19(21)22/h1-4,9,14H,5-8,10-11H2. The molecule has 1 aromatic rings. The molecule has 2 aliphatic heterocycles. The van der Waals surface area contributed by atoms with Crippen LogP contribution in [0.25, 0.3) is 0 Å². The van der Waals surface area contributed by atoms with Gasteiger partial charge in [0.15, 0.2) is 0 Å². The molecule has 24 heavy (non-hydrogen) atoms. The Hall–Kier alpha value is -2.52. The smallest absolute Gasteiger partial charge is 0.430 e. The van der Waals surface area contributed by atoms with E-state index in [1.54, 1.807) is 12.1 Å². The van der Waals surface area contributed by atoms with Gasteiger partial charge in [0.25, 0.3) is 5.69 Å². The highest BCUT2D eigenvalue weighted by Gasteiger charge is 2.32. The molecular weight excluding hydrogens is 316 g/mol. The van der Waals surface area contributed by atoms with Crippen LogP contribution in [0, 0.1) is 10.1 Å². The third kappa shape index (κ3) is 4.06. The van der Waals surface area contributed by atoms with E-state index in [0.29, 0.717) is 31.9 Å². The SMILES string of the molecule is O=C1OC(CN2CCOCC2)CN1N=Cc1ccc([N+](=O)[O-])cc1. The molecule has 128 valence electrons. The highest BCUT2D eigenvalue weighted by molar-refractivity contribution is 5.81. The topological polar surface area (TPSA) is 97.5 Å². The molecule has 0 saturated carbocycles. The lowest BCUT2D eigenvalue weighted by atomic mass is 10.2. The van der Waals surface area contributed by atoms with E-state index in [1.165, 1.54) is 23.4 Å². The van der Waals surface area contributed by atoms with Crippen molar-refractivity contribution >= 4 is 18.0 Å². The summed E-state index contributed by atoms with van der Waals surface area (Å²) in [6, 6.07) is 5.94. The Morgan fingerprint density at radius 1 is 1.29 bits per heavy atom. The van der Waals surface area contributed by atoms with Crippen LogP contribution in [0.5, 0.6) is 0 Å². The first kappa shape index (κ1) is 16.3. The van der Waals surface area contributed by atoms with Gasteiger partial charge in [-0.15, -0.1) is 0 Å². The zero-order chi connectivity index (χ0) is 16.9. The Kier molecular flexibility index (Phi) is 5.02. The summed E-state index contributed by atoms with van der Waals surface area (Å²) in [7, 11) is 0. The summed E-state index contributed by atoms with van der Waals surface area (Å²) in [6.07, 6.45) is 0.790. The number of hydrogen-bond donors (Lipinski definition) is 0. The van der Waals surface area contributed by atoms with E-state index in [2.05, 4.69) is 10.0 Å². The number of rotatable bonds is 5. The molecule has 0 aliphatic carbocycles. The Morgan fingerprint density at radius 3 is 2.67 bits per heavy atom. The number of nitrogens with zero attached hydrogens (tertiary/aromatic N) is 4. The van der Waals surface area contributed by atoms with Gasteiger partial charge in [-0.1, -0.05) is 0 Å². The molecule has 9 heteroatoms. The Morgan fingerprint density at radius 2 is 2.00 bits per heavy atom.